The summed E-state index contributed by atoms with van der Waals surface area (Å²) in [4.78, 5) is 43.1. The van der Waals surface area contributed by atoms with Crippen LogP contribution >= 0.6 is 11.3 Å². The molecule has 2 aromatic carbocycles. The number of benzene rings is 2. The van der Waals surface area contributed by atoms with Crippen LogP contribution in [0.3, 0.4) is 0 Å². The Morgan fingerprint density at radius 2 is 1.71 bits per heavy atom. The van der Waals surface area contributed by atoms with Gasteiger partial charge in [0.1, 0.15) is 0 Å². The number of aryl methyl sites for hydroxylation is 1. The highest BCUT2D eigenvalue weighted by atomic mass is 32.1. The van der Waals surface area contributed by atoms with E-state index in [1.54, 1.807) is 4.90 Å². The summed E-state index contributed by atoms with van der Waals surface area (Å²) in [5.74, 6) is -0.113. The van der Waals surface area contributed by atoms with Crippen LogP contribution in [0.1, 0.15) is 48.0 Å². The van der Waals surface area contributed by atoms with Crippen LogP contribution < -0.4 is 5.32 Å². The number of amides is 3. The molecule has 0 saturated carbocycles. The van der Waals surface area contributed by atoms with Crippen LogP contribution in [-0.4, -0.2) is 53.9 Å². The van der Waals surface area contributed by atoms with Crippen LogP contribution in [0, 0.1) is 0 Å². The third-order valence-corrected chi connectivity index (χ3v) is 6.38. The predicted octanol–water partition coefficient (Wildman–Crippen LogP) is 4.41. The molecule has 0 fully saturated rings. The van der Waals surface area contributed by atoms with Crippen molar-refractivity contribution in [3.63, 3.8) is 0 Å². The summed E-state index contributed by atoms with van der Waals surface area (Å²) >= 11 is 1.47. The number of fused-ring (bicyclic) bond motifs is 1. The molecule has 0 atom stereocenters. The topological polar surface area (TPSA) is 79.0 Å². The standard InChI is InChI=1S/C27H33N3O4S/c1-27(2,3)34-30(20-32)18-22-12-10-21(11-13-22)7-6-15-29(19-31)16-14-28-26(33)25-17-23-8-4-5-9-24(23)35-25/h4-5,8-13,17,19-20H,6-7,14-16,18H2,1-3H3,(H,28,33). The van der Waals surface area contributed by atoms with Gasteiger partial charge in [-0.15, -0.1) is 11.3 Å². The Balaban J connectivity index is 1.38. The molecule has 0 radical (unpaired) electrons. The normalized spacial score (nSPS) is 11.3. The van der Waals surface area contributed by atoms with Gasteiger partial charge in [0.2, 0.25) is 12.8 Å². The summed E-state index contributed by atoms with van der Waals surface area (Å²) in [6, 6.07) is 17.8. The number of carbonyl (C=O) groups excluding carboxylic acids is 3. The van der Waals surface area contributed by atoms with E-state index >= 15 is 0 Å². The van der Waals surface area contributed by atoms with Gasteiger partial charge >= 0.3 is 0 Å². The molecule has 0 aliphatic carbocycles. The zero-order valence-corrected chi connectivity index (χ0v) is 21.3. The van der Waals surface area contributed by atoms with Crippen molar-refractivity contribution >= 4 is 40.2 Å². The van der Waals surface area contributed by atoms with Crippen LogP contribution in [0.2, 0.25) is 0 Å². The van der Waals surface area contributed by atoms with Crippen LogP contribution in [0.25, 0.3) is 10.1 Å². The van der Waals surface area contributed by atoms with E-state index in [0.717, 1.165) is 40.5 Å². The maximum atomic E-state index is 12.4. The Kier molecular flexibility index (Phi) is 9.39. The van der Waals surface area contributed by atoms with Crippen molar-refractivity contribution in [2.75, 3.05) is 19.6 Å². The first-order valence-corrected chi connectivity index (χ1v) is 12.5. The zero-order chi connectivity index (χ0) is 25.3. The number of carbonyl (C=O) groups is 3. The lowest BCUT2D eigenvalue weighted by atomic mass is 10.1. The second-order valence-corrected chi connectivity index (χ2v) is 10.4. The molecule has 0 saturated heterocycles. The minimum Gasteiger partial charge on any atom is -0.350 e. The van der Waals surface area contributed by atoms with Gasteiger partial charge in [0.05, 0.1) is 17.0 Å². The second kappa shape index (κ2) is 12.5. The van der Waals surface area contributed by atoms with Crippen molar-refractivity contribution < 1.29 is 19.2 Å². The summed E-state index contributed by atoms with van der Waals surface area (Å²) in [5.41, 5.74) is 1.70. The molecule has 1 aromatic heterocycles. The summed E-state index contributed by atoms with van der Waals surface area (Å²) in [6.45, 7) is 7.56. The summed E-state index contributed by atoms with van der Waals surface area (Å²) in [5, 5.41) is 5.27. The fourth-order valence-corrected chi connectivity index (χ4v) is 4.61. The number of rotatable bonds is 13. The van der Waals surface area contributed by atoms with Gasteiger partial charge in [0.25, 0.3) is 5.91 Å². The summed E-state index contributed by atoms with van der Waals surface area (Å²) in [7, 11) is 0. The van der Waals surface area contributed by atoms with E-state index < -0.39 is 5.60 Å². The molecule has 0 aliphatic rings. The van der Waals surface area contributed by atoms with Crippen molar-refractivity contribution in [1.29, 1.82) is 0 Å². The Labute approximate surface area is 210 Å². The first kappa shape index (κ1) is 26.4. The van der Waals surface area contributed by atoms with Gasteiger partial charge in [-0.05, 0) is 62.3 Å². The lowest BCUT2D eigenvalue weighted by molar-refractivity contribution is -0.220. The fourth-order valence-electron chi connectivity index (χ4n) is 3.63. The number of hydrogen-bond donors (Lipinski definition) is 1. The summed E-state index contributed by atoms with van der Waals surface area (Å²) < 4.78 is 1.08. The Morgan fingerprint density at radius 1 is 1.00 bits per heavy atom. The van der Waals surface area contributed by atoms with Crippen molar-refractivity contribution in [2.24, 2.45) is 0 Å². The molecule has 7 nitrogen and oxygen atoms in total. The average molecular weight is 496 g/mol. The molecule has 1 heterocycles. The molecule has 3 rings (SSSR count). The number of thiophene rings is 1. The van der Waals surface area contributed by atoms with Crippen LogP contribution in [-0.2, 0) is 27.4 Å². The maximum Gasteiger partial charge on any atom is 0.261 e. The van der Waals surface area contributed by atoms with Gasteiger partial charge in [-0.2, -0.15) is 0 Å². The van der Waals surface area contributed by atoms with Crippen molar-refractivity contribution in [2.45, 2.75) is 45.8 Å². The van der Waals surface area contributed by atoms with Crippen LogP contribution in [0.15, 0.2) is 54.6 Å². The van der Waals surface area contributed by atoms with E-state index in [4.69, 9.17) is 4.84 Å². The highest BCUT2D eigenvalue weighted by molar-refractivity contribution is 7.20. The van der Waals surface area contributed by atoms with Gasteiger partial charge in [0.15, 0.2) is 0 Å². The fraction of sp³-hybridized carbons (Fsp3) is 0.370. The molecule has 0 unspecified atom stereocenters. The minimum absolute atomic E-state index is 0.113. The van der Waals surface area contributed by atoms with Crippen molar-refractivity contribution in [3.05, 3.63) is 70.6 Å². The average Bonchev–Trinajstić information content (AvgIpc) is 3.27. The summed E-state index contributed by atoms with van der Waals surface area (Å²) in [6.07, 6.45) is 3.17. The van der Waals surface area contributed by atoms with Gasteiger partial charge < -0.3 is 10.2 Å². The van der Waals surface area contributed by atoms with E-state index in [2.05, 4.69) is 5.32 Å². The first-order valence-electron chi connectivity index (χ1n) is 11.7. The molecular weight excluding hydrogens is 462 g/mol. The van der Waals surface area contributed by atoms with Crippen LogP contribution in [0.4, 0.5) is 0 Å². The van der Waals surface area contributed by atoms with Gasteiger partial charge in [-0.25, -0.2) is 5.06 Å². The lowest BCUT2D eigenvalue weighted by Gasteiger charge is -2.26. The van der Waals surface area contributed by atoms with E-state index in [-0.39, 0.29) is 5.91 Å². The lowest BCUT2D eigenvalue weighted by Crippen LogP contribution is -2.34. The molecule has 1 N–H and O–H groups in total. The van der Waals surface area contributed by atoms with Gasteiger partial charge in [0, 0.05) is 24.3 Å². The Bertz CT molecular complexity index is 1090. The van der Waals surface area contributed by atoms with E-state index in [1.807, 2.05) is 75.4 Å². The molecule has 0 spiro atoms. The largest absolute Gasteiger partial charge is 0.350 e. The van der Waals surface area contributed by atoms with E-state index in [1.165, 1.54) is 16.4 Å². The highest BCUT2D eigenvalue weighted by Crippen LogP contribution is 2.25. The van der Waals surface area contributed by atoms with Crippen molar-refractivity contribution in [1.82, 2.24) is 15.3 Å². The van der Waals surface area contributed by atoms with E-state index in [0.29, 0.717) is 37.5 Å². The molecule has 0 aliphatic heterocycles. The first-order chi connectivity index (χ1) is 16.8. The molecule has 186 valence electrons. The van der Waals surface area contributed by atoms with Crippen molar-refractivity contribution in [3.8, 4) is 0 Å². The predicted molar refractivity (Wildman–Crippen MR) is 139 cm³/mol. The molecule has 8 heteroatoms. The number of hydroxylamine groups is 2. The minimum atomic E-state index is -0.438. The third kappa shape index (κ3) is 8.49. The quantitative estimate of drug-likeness (QED) is 0.281. The smallest absolute Gasteiger partial charge is 0.261 e. The van der Waals surface area contributed by atoms with E-state index in [9.17, 15) is 14.4 Å². The monoisotopic (exact) mass is 495 g/mol. The zero-order valence-electron chi connectivity index (χ0n) is 20.5. The van der Waals surface area contributed by atoms with Crippen LogP contribution in [0.5, 0.6) is 0 Å². The number of hydrogen-bond acceptors (Lipinski definition) is 5. The van der Waals surface area contributed by atoms with Gasteiger partial charge in [-0.1, -0.05) is 42.5 Å². The molecular formula is C27H33N3O4S. The third-order valence-electron chi connectivity index (χ3n) is 5.26. The maximum absolute atomic E-state index is 12.4. The Morgan fingerprint density at radius 3 is 2.37 bits per heavy atom. The second-order valence-electron chi connectivity index (χ2n) is 9.35. The van der Waals surface area contributed by atoms with Gasteiger partial charge in [-0.3, -0.25) is 19.2 Å². The molecule has 3 aromatic rings. The molecule has 35 heavy (non-hydrogen) atoms. The number of nitrogens with zero attached hydrogens (tertiary/aromatic N) is 2. The molecule has 3 amide bonds. The molecule has 0 bridgehead atoms. The highest BCUT2D eigenvalue weighted by Gasteiger charge is 2.16. The number of nitrogens with one attached hydrogen (secondary N) is 1. The Hall–Kier alpha value is -3.23. The SMILES string of the molecule is CC(C)(C)ON(C=O)Cc1ccc(CCCN(C=O)CCNC(=O)c2cc3ccccc3s2)cc1.